The van der Waals surface area contributed by atoms with E-state index in [0.29, 0.717) is 16.3 Å². The Morgan fingerprint density at radius 1 is 1.38 bits per heavy atom. The highest BCUT2D eigenvalue weighted by atomic mass is 35.5. The van der Waals surface area contributed by atoms with Crippen LogP contribution in [0.3, 0.4) is 0 Å². The zero-order valence-corrected chi connectivity index (χ0v) is 12.9. The lowest BCUT2D eigenvalue weighted by atomic mass is 10.1. The number of nitrogens with one attached hydrogen (secondary N) is 1. The Morgan fingerprint density at radius 2 is 2.05 bits per heavy atom. The van der Waals surface area contributed by atoms with Crippen LogP contribution in [0, 0.1) is 17.3 Å². The van der Waals surface area contributed by atoms with Gasteiger partial charge in [0.1, 0.15) is 5.75 Å². The SMILES string of the molecule is COc1cccc(Cl)c1CNC(=O)C1C(C(=O)O)C1(C)C. The average molecular weight is 312 g/mol. The largest absolute Gasteiger partial charge is 0.496 e. The van der Waals surface area contributed by atoms with E-state index < -0.39 is 23.2 Å². The van der Waals surface area contributed by atoms with Gasteiger partial charge in [-0.2, -0.15) is 0 Å². The van der Waals surface area contributed by atoms with Gasteiger partial charge in [0.05, 0.1) is 18.9 Å². The van der Waals surface area contributed by atoms with E-state index in [1.807, 2.05) is 0 Å². The Hall–Kier alpha value is -1.75. The van der Waals surface area contributed by atoms with Gasteiger partial charge in [-0.3, -0.25) is 9.59 Å². The molecule has 1 aliphatic rings. The standard InChI is InChI=1S/C15H18ClNO4/c1-15(2)11(12(15)14(19)20)13(18)17-7-8-9(16)5-4-6-10(8)21-3/h4-6,11-12H,7H2,1-3H3,(H,17,18)(H,19,20). The first kappa shape index (κ1) is 15.6. The molecule has 1 fully saturated rings. The molecule has 2 unspecified atom stereocenters. The molecule has 0 aliphatic heterocycles. The number of amides is 1. The molecule has 1 aliphatic carbocycles. The number of rotatable bonds is 5. The lowest BCUT2D eigenvalue weighted by Gasteiger charge is -2.11. The number of halogens is 1. The Kier molecular flexibility index (Phi) is 4.14. The van der Waals surface area contributed by atoms with Crippen molar-refractivity contribution in [2.24, 2.45) is 17.3 Å². The van der Waals surface area contributed by atoms with Crippen molar-refractivity contribution in [1.82, 2.24) is 5.32 Å². The Balaban J connectivity index is 2.05. The molecular formula is C15H18ClNO4. The summed E-state index contributed by atoms with van der Waals surface area (Å²) in [6.07, 6.45) is 0. The van der Waals surface area contributed by atoms with Crippen molar-refractivity contribution in [3.8, 4) is 5.75 Å². The van der Waals surface area contributed by atoms with Gasteiger partial charge in [-0.1, -0.05) is 31.5 Å². The van der Waals surface area contributed by atoms with Gasteiger partial charge in [-0.05, 0) is 17.5 Å². The Labute approximate surface area is 128 Å². The van der Waals surface area contributed by atoms with Gasteiger partial charge in [0.2, 0.25) is 5.91 Å². The summed E-state index contributed by atoms with van der Waals surface area (Å²) in [7, 11) is 1.53. The topological polar surface area (TPSA) is 75.6 Å². The fraction of sp³-hybridized carbons (Fsp3) is 0.467. The number of carboxylic acid groups (broad SMARTS) is 1. The van der Waals surface area contributed by atoms with Crippen LogP contribution < -0.4 is 10.1 Å². The first-order valence-electron chi connectivity index (χ1n) is 6.62. The van der Waals surface area contributed by atoms with Crippen LogP contribution in [0.4, 0.5) is 0 Å². The van der Waals surface area contributed by atoms with Crippen LogP contribution in [-0.2, 0) is 16.1 Å². The van der Waals surface area contributed by atoms with Gasteiger partial charge in [0.25, 0.3) is 0 Å². The summed E-state index contributed by atoms with van der Waals surface area (Å²) in [5, 5.41) is 12.3. The van der Waals surface area contributed by atoms with Crippen LogP contribution in [0.15, 0.2) is 18.2 Å². The Bertz CT molecular complexity index is 585. The van der Waals surface area contributed by atoms with Crippen molar-refractivity contribution >= 4 is 23.5 Å². The number of carbonyl (C=O) groups excluding carboxylic acids is 1. The molecule has 2 atom stereocenters. The highest BCUT2D eigenvalue weighted by molar-refractivity contribution is 6.31. The predicted octanol–water partition coefficient (Wildman–Crippen LogP) is 2.32. The molecule has 0 aromatic heterocycles. The maximum atomic E-state index is 12.2. The second-order valence-electron chi connectivity index (χ2n) is 5.75. The zero-order valence-electron chi connectivity index (χ0n) is 12.1. The van der Waals surface area contributed by atoms with Crippen LogP contribution in [0.1, 0.15) is 19.4 Å². The normalized spacial score (nSPS) is 22.5. The monoisotopic (exact) mass is 311 g/mol. The fourth-order valence-electron chi connectivity index (χ4n) is 2.78. The number of carboxylic acids is 1. The molecule has 0 bridgehead atoms. The van der Waals surface area contributed by atoms with Crippen molar-refractivity contribution in [2.75, 3.05) is 7.11 Å². The molecule has 0 heterocycles. The van der Waals surface area contributed by atoms with E-state index in [9.17, 15) is 9.59 Å². The fourth-order valence-corrected chi connectivity index (χ4v) is 3.01. The zero-order chi connectivity index (χ0) is 15.8. The second-order valence-corrected chi connectivity index (χ2v) is 6.16. The quantitative estimate of drug-likeness (QED) is 0.875. The number of methoxy groups -OCH3 is 1. The van der Waals surface area contributed by atoms with Crippen molar-refractivity contribution in [1.29, 1.82) is 0 Å². The molecule has 6 heteroatoms. The molecule has 2 N–H and O–H groups in total. The minimum atomic E-state index is -0.935. The highest BCUT2D eigenvalue weighted by Crippen LogP contribution is 2.58. The molecular weight excluding hydrogens is 294 g/mol. The number of hydrogen-bond acceptors (Lipinski definition) is 3. The summed E-state index contributed by atoms with van der Waals surface area (Å²) in [6.45, 7) is 3.78. The Morgan fingerprint density at radius 3 is 2.57 bits per heavy atom. The highest BCUT2D eigenvalue weighted by Gasteiger charge is 2.65. The molecule has 0 saturated heterocycles. The summed E-state index contributed by atoms with van der Waals surface area (Å²) in [4.78, 5) is 23.3. The minimum absolute atomic E-state index is 0.209. The molecule has 0 spiro atoms. The number of hydrogen-bond donors (Lipinski definition) is 2. The number of ether oxygens (including phenoxy) is 1. The molecule has 1 aromatic rings. The van der Waals surface area contributed by atoms with E-state index >= 15 is 0 Å². The van der Waals surface area contributed by atoms with E-state index in [-0.39, 0.29) is 12.5 Å². The smallest absolute Gasteiger partial charge is 0.307 e. The van der Waals surface area contributed by atoms with Gasteiger partial charge in [-0.15, -0.1) is 0 Å². The number of benzene rings is 1. The third-order valence-corrected chi connectivity index (χ3v) is 4.47. The second kappa shape index (κ2) is 5.56. The molecule has 5 nitrogen and oxygen atoms in total. The van der Waals surface area contributed by atoms with E-state index in [4.69, 9.17) is 21.4 Å². The van der Waals surface area contributed by atoms with E-state index in [0.717, 1.165) is 0 Å². The number of aliphatic carboxylic acids is 1. The molecule has 21 heavy (non-hydrogen) atoms. The maximum absolute atomic E-state index is 12.2. The first-order valence-corrected chi connectivity index (χ1v) is 7.00. The summed E-state index contributed by atoms with van der Waals surface area (Å²) in [5.74, 6) is -1.76. The van der Waals surface area contributed by atoms with Crippen LogP contribution in [-0.4, -0.2) is 24.1 Å². The van der Waals surface area contributed by atoms with Crippen molar-refractivity contribution < 1.29 is 19.4 Å². The van der Waals surface area contributed by atoms with Gasteiger partial charge in [0.15, 0.2) is 0 Å². The van der Waals surface area contributed by atoms with Gasteiger partial charge in [0, 0.05) is 17.1 Å². The molecule has 1 aromatic carbocycles. The van der Waals surface area contributed by atoms with E-state index in [1.165, 1.54) is 7.11 Å². The molecule has 1 amide bonds. The third-order valence-electron chi connectivity index (χ3n) is 4.11. The summed E-state index contributed by atoms with van der Waals surface area (Å²) < 4.78 is 5.20. The summed E-state index contributed by atoms with van der Waals surface area (Å²) >= 11 is 6.10. The first-order chi connectivity index (χ1) is 9.80. The lowest BCUT2D eigenvalue weighted by molar-refractivity contribution is -0.140. The molecule has 114 valence electrons. The molecule has 2 rings (SSSR count). The van der Waals surface area contributed by atoms with Crippen LogP contribution >= 0.6 is 11.6 Å². The lowest BCUT2D eigenvalue weighted by Crippen LogP contribution is -2.27. The molecule has 1 saturated carbocycles. The third kappa shape index (κ3) is 2.83. The van der Waals surface area contributed by atoms with Crippen LogP contribution in [0.25, 0.3) is 0 Å². The van der Waals surface area contributed by atoms with Crippen molar-refractivity contribution in [2.45, 2.75) is 20.4 Å². The summed E-state index contributed by atoms with van der Waals surface area (Å²) in [5.41, 5.74) is 0.167. The van der Waals surface area contributed by atoms with Crippen LogP contribution in [0.5, 0.6) is 5.75 Å². The van der Waals surface area contributed by atoms with Crippen molar-refractivity contribution in [3.63, 3.8) is 0 Å². The van der Waals surface area contributed by atoms with Crippen LogP contribution in [0.2, 0.25) is 5.02 Å². The van der Waals surface area contributed by atoms with E-state index in [2.05, 4.69) is 5.32 Å². The maximum Gasteiger partial charge on any atom is 0.307 e. The van der Waals surface area contributed by atoms with Crippen molar-refractivity contribution in [3.05, 3.63) is 28.8 Å². The predicted molar refractivity (Wildman–Crippen MR) is 78.2 cm³/mol. The molecule has 0 radical (unpaired) electrons. The van der Waals surface area contributed by atoms with Gasteiger partial charge >= 0.3 is 5.97 Å². The van der Waals surface area contributed by atoms with E-state index in [1.54, 1.807) is 32.0 Å². The number of carbonyl (C=O) groups is 2. The average Bonchev–Trinajstić information content (AvgIpc) is 3.00. The minimum Gasteiger partial charge on any atom is -0.496 e. The van der Waals surface area contributed by atoms with Gasteiger partial charge in [-0.25, -0.2) is 0 Å². The summed E-state index contributed by atoms with van der Waals surface area (Å²) in [6, 6.07) is 5.23. The van der Waals surface area contributed by atoms with Gasteiger partial charge < -0.3 is 15.2 Å².